The van der Waals surface area contributed by atoms with Crippen molar-refractivity contribution in [3.8, 4) is 0 Å². The second-order valence-corrected chi connectivity index (χ2v) is 5.87. The fraction of sp³-hybridized carbons (Fsp3) is 0.333. The average Bonchev–Trinajstić information content (AvgIpc) is 2.73. The van der Waals surface area contributed by atoms with Gasteiger partial charge in [-0.1, -0.05) is 24.3 Å². The van der Waals surface area contributed by atoms with Crippen LogP contribution >= 0.6 is 0 Å². The number of hydrogen-bond acceptors (Lipinski definition) is 6. The molecule has 0 radical (unpaired) electrons. The van der Waals surface area contributed by atoms with Gasteiger partial charge in [0.1, 0.15) is 12.1 Å². The zero-order valence-electron chi connectivity index (χ0n) is 12.4. The number of carbonyl (C=O) groups excluding carboxylic acids is 2. The van der Waals surface area contributed by atoms with Gasteiger partial charge in [0, 0.05) is 7.05 Å². The molecule has 0 spiro atoms. The summed E-state index contributed by atoms with van der Waals surface area (Å²) in [5.41, 5.74) is 1.14. The van der Waals surface area contributed by atoms with Crippen LogP contribution < -0.4 is 34.9 Å². The molecule has 3 amide bonds. The van der Waals surface area contributed by atoms with Crippen molar-refractivity contribution in [3.05, 3.63) is 35.4 Å². The normalized spacial score (nSPS) is 22.4. The van der Waals surface area contributed by atoms with E-state index in [0.29, 0.717) is 16.2 Å². The summed E-state index contributed by atoms with van der Waals surface area (Å²) in [6, 6.07) is 4.26. The summed E-state index contributed by atoms with van der Waals surface area (Å²) in [5.74, 6) is -0.411. The fourth-order valence-corrected chi connectivity index (χ4v) is 3.24. The summed E-state index contributed by atoms with van der Waals surface area (Å²) in [6.45, 7) is 0.0590. The Bertz CT molecular complexity index is 755. The number of nitrogens with zero attached hydrogens (tertiary/aromatic N) is 2. The van der Waals surface area contributed by atoms with Crippen molar-refractivity contribution in [2.24, 2.45) is 0 Å². The molecule has 0 saturated carbocycles. The summed E-state index contributed by atoms with van der Waals surface area (Å²) in [6.07, 6.45) is 0. The van der Waals surface area contributed by atoms with Crippen LogP contribution in [-0.2, 0) is 19.5 Å². The van der Waals surface area contributed by atoms with E-state index >= 15 is 0 Å². The Morgan fingerprint density at radius 2 is 1.96 bits per heavy atom. The predicted molar refractivity (Wildman–Crippen MR) is 70.7 cm³/mol. The number of hydroxylamine groups is 2. The molecule has 11 heteroatoms. The minimum atomic E-state index is -5.10. The van der Waals surface area contributed by atoms with Gasteiger partial charge in [0.2, 0.25) is 16.3 Å². The van der Waals surface area contributed by atoms with E-state index in [-0.39, 0.29) is 36.1 Å². The van der Waals surface area contributed by atoms with Crippen molar-refractivity contribution >= 4 is 22.3 Å². The number of nitrogens with one attached hydrogen (secondary N) is 1. The van der Waals surface area contributed by atoms with E-state index in [0.717, 1.165) is 0 Å². The van der Waals surface area contributed by atoms with Crippen LogP contribution in [0.1, 0.15) is 23.2 Å². The third-order valence-electron chi connectivity index (χ3n) is 3.71. The predicted octanol–water partition coefficient (Wildman–Crippen LogP) is -3.34. The molecule has 0 aliphatic carbocycles. The maximum atomic E-state index is 12.3. The number of benzene rings is 1. The topological polar surface area (TPSA) is 119 Å². The molecular formula is C12H12N3NaO6S. The second kappa shape index (κ2) is 6.38. The van der Waals surface area contributed by atoms with Gasteiger partial charge < -0.3 is 14.8 Å². The molecule has 3 rings (SSSR count). The molecule has 2 heterocycles. The quantitative estimate of drug-likeness (QED) is 0.346. The van der Waals surface area contributed by atoms with Crippen LogP contribution in [0.4, 0.5) is 4.79 Å². The van der Waals surface area contributed by atoms with Gasteiger partial charge in [-0.05, 0) is 11.1 Å². The summed E-state index contributed by atoms with van der Waals surface area (Å²) < 4.78 is 36.8. The molecule has 0 aromatic heterocycles. The van der Waals surface area contributed by atoms with Gasteiger partial charge in [-0.15, -0.1) is 0 Å². The first kappa shape index (κ1) is 18.2. The third kappa shape index (κ3) is 3.10. The van der Waals surface area contributed by atoms with Crippen molar-refractivity contribution in [2.45, 2.75) is 12.1 Å². The Balaban J connectivity index is 0.00000192. The van der Waals surface area contributed by atoms with Crippen LogP contribution in [0.15, 0.2) is 24.3 Å². The van der Waals surface area contributed by atoms with Crippen molar-refractivity contribution in [2.75, 3.05) is 13.6 Å². The van der Waals surface area contributed by atoms with E-state index < -0.39 is 34.4 Å². The van der Waals surface area contributed by atoms with Gasteiger partial charge in [-0.25, -0.2) is 13.2 Å². The molecule has 0 unspecified atom stereocenters. The maximum absolute atomic E-state index is 12.3. The smallest absolute Gasteiger partial charge is 0.724 e. The summed E-state index contributed by atoms with van der Waals surface area (Å²) in [7, 11) is -3.66. The zero-order chi connectivity index (χ0) is 16.1. The Hall–Kier alpha value is -1.17. The number of hydrogen-bond donors (Lipinski definition) is 1. The molecule has 118 valence electrons. The molecule has 1 N–H and O–H groups in total. The SMILES string of the molecule is CNC(=O)[C@@H]1c2ccccc2[C@H]2CN1C(=O)N2OS(=O)(=O)[O-].[Na+]. The molecule has 2 aliphatic rings. The number of urea groups is 1. The van der Waals surface area contributed by atoms with Gasteiger partial charge >= 0.3 is 35.6 Å². The number of likely N-dealkylation sites (N-methyl/N-ethyl adjacent to an activating group) is 1. The molecule has 2 bridgehead atoms. The van der Waals surface area contributed by atoms with Crippen molar-refractivity contribution < 1.29 is 56.4 Å². The van der Waals surface area contributed by atoms with Crippen molar-refractivity contribution in [1.29, 1.82) is 0 Å². The molecule has 1 aromatic carbocycles. The molecule has 23 heavy (non-hydrogen) atoms. The molecule has 1 aromatic rings. The Kier molecular flexibility index (Phi) is 5.04. The van der Waals surface area contributed by atoms with Gasteiger partial charge in [0.25, 0.3) is 0 Å². The van der Waals surface area contributed by atoms with Gasteiger partial charge in [0.15, 0.2) is 0 Å². The number of amides is 3. The molecular weight excluding hydrogens is 337 g/mol. The molecule has 2 atom stereocenters. The van der Waals surface area contributed by atoms with Crippen LogP contribution in [-0.4, -0.2) is 48.5 Å². The van der Waals surface area contributed by atoms with Crippen LogP contribution in [0.25, 0.3) is 0 Å². The van der Waals surface area contributed by atoms with Crippen molar-refractivity contribution in [1.82, 2.24) is 15.3 Å². The molecule has 1 fully saturated rings. The van der Waals surface area contributed by atoms with Crippen LogP contribution in [0.2, 0.25) is 0 Å². The van der Waals surface area contributed by atoms with Gasteiger partial charge in [-0.3, -0.25) is 4.79 Å². The van der Waals surface area contributed by atoms with E-state index in [4.69, 9.17) is 0 Å². The first-order valence-electron chi connectivity index (χ1n) is 6.39. The van der Waals surface area contributed by atoms with Crippen LogP contribution in [0.3, 0.4) is 0 Å². The van der Waals surface area contributed by atoms with E-state index in [1.165, 1.54) is 11.9 Å². The van der Waals surface area contributed by atoms with Gasteiger partial charge in [0.05, 0.1) is 6.54 Å². The third-order valence-corrected chi connectivity index (χ3v) is 4.06. The summed E-state index contributed by atoms with van der Waals surface area (Å²) in [4.78, 5) is 25.6. The maximum Gasteiger partial charge on any atom is 1.00 e. The van der Waals surface area contributed by atoms with Gasteiger partial charge in [-0.2, -0.15) is 9.35 Å². The number of carbonyl (C=O) groups is 2. The average molecular weight is 349 g/mol. The van der Waals surface area contributed by atoms with Crippen LogP contribution in [0.5, 0.6) is 0 Å². The van der Waals surface area contributed by atoms with Crippen LogP contribution in [0, 0.1) is 0 Å². The summed E-state index contributed by atoms with van der Waals surface area (Å²) in [5, 5.41) is 2.99. The molecule has 9 nitrogen and oxygen atoms in total. The van der Waals surface area contributed by atoms with Crippen molar-refractivity contribution in [3.63, 3.8) is 0 Å². The molecule has 1 saturated heterocycles. The van der Waals surface area contributed by atoms with E-state index in [1.807, 2.05) is 0 Å². The number of rotatable bonds is 3. The zero-order valence-corrected chi connectivity index (χ0v) is 15.2. The fourth-order valence-electron chi connectivity index (χ4n) is 2.87. The largest absolute Gasteiger partial charge is 1.00 e. The second-order valence-electron chi connectivity index (χ2n) is 4.91. The van der Waals surface area contributed by atoms with E-state index in [9.17, 15) is 22.6 Å². The standard InChI is InChI=1S/C12H13N3O6S.Na/c1-13-11(16)10-8-5-3-2-4-7(8)9-6-14(10)12(17)15(9)21-22(18,19)20;/h2-5,9-10H,6H2,1H3,(H,13,16)(H,18,19,20);/q;+1/p-1/t9-,10+;/m1./s1. The molecule has 2 aliphatic heterocycles. The Morgan fingerprint density at radius 1 is 1.35 bits per heavy atom. The minimum absolute atomic E-state index is 0. The number of fused-ring (bicyclic) bond motifs is 4. The minimum Gasteiger partial charge on any atom is -0.724 e. The van der Waals surface area contributed by atoms with E-state index in [2.05, 4.69) is 9.60 Å². The summed E-state index contributed by atoms with van der Waals surface area (Å²) >= 11 is 0. The Morgan fingerprint density at radius 3 is 2.52 bits per heavy atom. The first-order chi connectivity index (χ1) is 10.3. The first-order valence-corrected chi connectivity index (χ1v) is 7.72. The van der Waals surface area contributed by atoms with E-state index in [1.54, 1.807) is 24.3 Å². The monoisotopic (exact) mass is 349 g/mol. The Labute approximate surface area is 154 Å².